The molecule has 0 aliphatic carbocycles. The summed E-state index contributed by atoms with van der Waals surface area (Å²) < 4.78 is 0. The van der Waals surface area contributed by atoms with Gasteiger partial charge < -0.3 is 15.7 Å². The Balaban J connectivity index is 1.72. The van der Waals surface area contributed by atoms with Gasteiger partial charge >= 0.3 is 0 Å². The molecule has 0 aliphatic heterocycles. The molecule has 8 nitrogen and oxygen atoms in total. The molecular formula is C26H21N7OS. The van der Waals surface area contributed by atoms with Crippen LogP contribution in [0.1, 0.15) is 38.8 Å². The Morgan fingerprint density at radius 2 is 1.80 bits per heavy atom. The fourth-order valence-electron chi connectivity index (χ4n) is 3.57. The van der Waals surface area contributed by atoms with E-state index in [9.17, 15) is 5.11 Å². The van der Waals surface area contributed by atoms with Crippen molar-refractivity contribution in [2.75, 3.05) is 10.6 Å². The first kappa shape index (κ1) is 23.6. The third-order valence-corrected chi connectivity index (χ3v) is 6.08. The number of aliphatic hydroxyl groups excluding tert-OH is 1. The van der Waals surface area contributed by atoms with Crippen LogP contribution in [-0.4, -0.2) is 20.1 Å². The highest BCUT2D eigenvalue weighted by molar-refractivity contribution is 7.09. The van der Waals surface area contributed by atoms with Crippen molar-refractivity contribution in [3.8, 4) is 12.1 Å². The Hall–Kier alpha value is -4.57. The van der Waals surface area contributed by atoms with Gasteiger partial charge in [0.2, 0.25) is 5.95 Å². The second-order valence-electron chi connectivity index (χ2n) is 7.74. The maximum absolute atomic E-state index is 11.0. The van der Waals surface area contributed by atoms with E-state index in [-0.39, 0.29) is 0 Å². The molecule has 1 unspecified atom stereocenters. The lowest BCUT2D eigenvalue weighted by molar-refractivity contribution is 0.224. The molecule has 0 saturated carbocycles. The van der Waals surface area contributed by atoms with Gasteiger partial charge in [0.15, 0.2) is 0 Å². The number of hydrogen-bond donors (Lipinski definition) is 3. The quantitative estimate of drug-likeness (QED) is 0.295. The molecule has 0 amide bonds. The number of aromatic nitrogens is 3. The number of anilines is 4. The number of thiazole rings is 1. The molecule has 9 heteroatoms. The van der Waals surface area contributed by atoms with Crippen LogP contribution in [0.2, 0.25) is 0 Å². The predicted octanol–water partition coefficient (Wildman–Crippen LogP) is 5.53. The normalized spacial score (nSPS) is 11.6. The minimum Gasteiger partial charge on any atom is -0.383 e. The Kier molecular flexibility index (Phi) is 7.12. The standard InChI is InChI=1S/C26H21N7OS/c1-16-10-19(4-3-9-27)11-17(2)23(16)32-25-21(24(34)22-14-29-15-35-22)13-30-26(33-25)31-20-7-5-18(12-28)6-8-20/h3-8,10-11,13-15,24,34H,1-2H3,(H2,30,31,32,33)/b4-3+. The Labute approximate surface area is 206 Å². The molecule has 3 N–H and O–H groups in total. The summed E-state index contributed by atoms with van der Waals surface area (Å²) in [6.45, 7) is 3.94. The highest BCUT2D eigenvalue weighted by Crippen LogP contribution is 2.33. The summed E-state index contributed by atoms with van der Waals surface area (Å²) in [4.78, 5) is 13.8. The van der Waals surface area contributed by atoms with Crippen LogP contribution in [0, 0.1) is 36.5 Å². The number of nitriles is 2. The number of allylic oxidation sites excluding steroid dienone is 1. The van der Waals surface area contributed by atoms with Gasteiger partial charge in [-0.3, -0.25) is 4.98 Å². The molecular weight excluding hydrogens is 458 g/mol. The topological polar surface area (TPSA) is 131 Å². The summed E-state index contributed by atoms with van der Waals surface area (Å²) in [5, 5.41) is 35.4. The van der Waals surface area contributed by atoms with E-state index in [1.54, 1.807) is 48.2 Å². The van der Waals surface area contributed by atoms with E-state index in [1.165, 1.54) is 17.4 Å². The SMILES string of the molecule is Cc1cc(/C=C/C#N)cc(C)c1Nc1nc(Nc2ccc(C#N)cc2)ncc1C(O)c1cncs1. The van der Waals surface area contributed by atoms with Crippen LogP contribution < -0.4 is 10.6 Å². The maximum Gasteiger partial charge on any atom is 0.229 e. The van der Waals surface area contributed by atoms with Crippen LogP contribution in [0.15, 0.2) is 60.4 Å². The molecule has 0 fully saturated rings. The van der Waals surface area contributed by atoms with Crippen molar-refractivity contribution in [3.05, 3.63) is 93.1 Å². The fourth-order valence-corrected chi connectivity index (χ4v) is 4.19. The van der Waals surface area contributed by atoms with E-state index in [2.05, 4.69) is 31.7 Å². The molecule has 172 valence electrons. The van der Waals surface area contributed by atoms with Crippen LogP contribution in [0.4, 0.5) is 23.1 Å². The molecule has 2 heterocycles. The summed E-state index contributed by atoms with van der Waals surface area (Å²) in [6, 6.07) is 15.0. The van der Waals surface area contributed by atoms with Gasteiger partial charge in [0, 0.05) is 35.4 Å². The molecule has 2 aromatic carbocycles. The minimum atomic E-state index is -0.951. The number of rotatable bonds is 7. The summed E-state index contributed by atoms with van der Waals surface area (Å²) in [5.41, 5.74) is 7.14. The average molecular weight is 480 g/mol. The highest BCUT2D eigenvalue weighted by Gasteiger charge is 2.20. The van der Waals surface area contributed by atoms with Crippen molar-refractivity contribution < 1.29 is 5.11 Å². The first-order valence-electron chi connectivity index (χ1n) is 10.6. The number of aryl methyl sites for hydroxylation is 2. The van der Waals surface area contributed by atoms with Crippen molar-refractivity contribution >= 4 is 40.6 Å². The van der Waals surface area contributed by atoms with E-state index in [0.717, 1.165) is 28.1 Å². The number of nitrogens with one attached hydrogen (secondary N) is 2. The monoisotopic (exact) mass is 479 g/mol. The molecule has 4 aromatic rings. The lowest BCUT2D eigenvalue weighted by Gasteiger charge is -2.19. The molecule has 0 aliphatic rings. The summed E-state index contributed by atoms with van der Waals surface area (Å²) in [6.07, 6.45) is 5.45. The van der Waals surface area contributed by atoms with Gasteiger partial charge in [-0.05, 0) is 73.0 Å². The molecule has 0 spiro atoms. The second-order valence-corrected chi connectivity index (χ2v) is 8.65. The number of nitrogens with zero attached hydrogens (tertiary/aromatic N) is 5. The van der Waals surface area contributed by atoms with Gasteiger partial charge in [-0.25, -0.2) is 4.98 Å². The summed E-state index contributed by atoms with van der Waals surface area (Å²) >= 11 is 1.35. The molecule has 0 bridgehead atoms. The zero-order valence-corrected chi connectivity index (χ0v) is 19.8. The van der Waals surface area contributed by atoms with Gasteiger partial charge in [-0.15, -0.1) is 11.3 Å². The van der Waals surface area contributed by atoms with E-state index < -0.39 is 6.10 Å². The van der Waals surface area contributed by atoms with Crippen molar-refractivity contribution in [1.29, 1.82) is 10.5 Å². The van der Waals surface area contributed by atoms with Gasteiger partial charge in [-0.1, -0.05) is 0 Å². The molecule has 0 radical (unpaired) electrons. The Morgan fingerprint density at radius 3 is 2.43 bits per heavy atom. The van der Waals surface area contributed by atoms with Crippen molar-refractivity contribution in [2.45, 2.75) is 20.0 Å². The van der Waals surface area contributed by atoms with Gasteiger partial charge in [0.05, 0.1) is 28.1 Å². The fraction of sp³-hybridized carbons (Fsp3) is 0.115. The first-order chi connectivity index (χ1) is 17.0. The lowest BCUT2D eigenvalue weighted by Crippen LogP contribution is -2.09. The summed E-state index contributed by atoms with van der Waals surface area (Å²) in [7, 11) is 0. The van der Waals surface area contributed by atoms with Gasteiger partial charge in [0.1, 0.15) is 11.9 Å². The molecule has 4 rings (SSSR count). The van der Waals surface area contributed by atoms with E-state index in [4.69, 9.17) is 10.5 Å². The van der Waals surface area contributed by atoms with Crippen LogP contribution in [0.25, 0.3) is 6.08 Å². The minimum absolute atomic E-state index is 0.335. The predicted molar refractivity (Wildman–Crippen MR) is 136 cm³/mol. The molecule has 35 heavy (non-hydrogen) atoms. The van der Waals surface area contributed by atoms with E-state index in [1.807, 2.05) is 32.0 Å². The van der Waals surface area contributed by atoms with Crippen LogP contribution >= 0.6 is 11.3 Å². The number of aliphatic hydroxyl groups is 1. The smallest absolute Gasteiger partial charge is 0.229 e. The molecule has 2 aromatic heterocycles. The Bertz CT molecular complexity index is 1430. The van der Waals surface area contributed by atoms with E-state index in [0.29, 0.717) is 27.8 Å². The second kappa shape index (κ2) is 10.6. The van der Waals surface area contributed by atoms with Gasteiger partial charge in [-0.2, -0.15) is 15.5 Å². The number of benzene rings is 2. The van der Waals surface area contributed by atoms with Gasteiger partial charge in [0.25, 0.3) is 0 Å². The highest BCUT2D eigenvalue weighted by atomic mass is 32.1. The van der Waals surface area contributed by atoms with E-state index >= 15 is 0 Å². The van der Waals surface area contributed by atoms with Crippen LogP contribution in [0.3, 0.4) is 0 Å². The first-order valence-corrected chi connectivity index (χ1v) is 11.5. The van der Waals surface area contributed by atoms with Crippen LogP contribution in [-0.2, 0) is 0 Å². The van der Waals surface area contributed by atoms with Crippen molar-refractivity contribution in [2.24, 2.45) is 0 Å². The zero-order chi connectivity index (χ0) is 24.8. The van der Waals surface area contributed by atoms with Crippen LogP contribution in [0.5, 0.6) is 0 Å². The number of hydrogen-bond acceptors (Lipinski definition) is 9. The third kappa shape index (κ3) is 5.50. The average Bonchev–Trinajstić information content (AvgIpc) is 3.40. The largest absolute Gasteiger partial charge is 0.383 e. The molecule has 0 saturated heterocycles. The Morgan fingerprint density at radius 1 is 1.06 bits per heavy atom. The third-order valence-electron chi connectivity index (χ3n) is 5.25. The maximum atomic E-state index is 11.0. The van der Waals surface area contributed by atoms with Crippen molar-refractivity contribution in [1.82, 2.24) is 15.0 Å². The van der Waals surface area contributed by atoms with Crippen molar-refractivity contribution in [3.63, 3.8) is 0 Å². The zero-order valence-electron chi connectivity index (χ0n) is 19.0. The summed E-state index contributed by atoms with van der Waals surface area (Å²) in [5.74, 6) is 0.782. The lowest BCUT2D eigenvalue weighted by atomic mass is 10.0. The molecule has 1 atom stereocenters.